The van der Waals surface area contributed by atoms with E-state index in [0.717, 1.165) is 12.0 Å². The van der Waals surface area contributed by atoms with Gasteiger partial charge in [0.15, 0.2) is 0 Å². The van der Waals surface area contributed by atoms with Gasteiger partial charge in [0.25, 0.3) is 0 Å². The van der Waals surface area contributed by atoms with E-state index in [1.54, 1.807) is 19.1 Å². The Morgan fingerprint density at radius 2 is 1.95 bits per heavy atom. The van der Waals surface area contributed by atoms with Crippen LogP contribution < -0.4 is 4.90 Å². The lowest BCUT2D eigenvalue weighted by Gasteiger charge is -2.32. The van der Waals surface area contributed by atoms with E-state index >= 15 is 0 Å². The van der Waals surface area contributed by atoms with Gasteiger partial charge in [0.1, 0.15) is 5.60 Å². The summed E-state index contributed by atoms with van der Waals surface area (Å²) in [6.45, 7) is 7.76. The number of anilines is 1. The molecular weight excluding hydrogens is 270 g/mol. The number of rotatable bonds is 1. The molecule has 0 saturated carbocycles. The summed E-state index contributed by atoms with van der Waals surface area (Å²) in [6, 6.07) is 3.55. The van der Waals surface area contributed by atoms with E-state index in [4.69, 9.17) is 4.74 Å². The molecule has 1 aliphatic rings. The first-order valence-electron chi connectivity index (χ1n) is 7.07. The van der Waals surface area contributed by atoms with E-state index in [-0.39, 0.29) is 0 Å². The Morgan fingerprint density at radius 3 is 2.52 bits per heavy atom. The first-order valence-corrected chi connectivity index (χ1v) is 7.07. The highest BCUT2D eigenvalue weighted by molar-refractivity contribution is 5.97. The molecule has 5 heteroatoms. The minimum absolute atomic E-state index is 0.306. The van der Waals surface area contributed by atoms with Crippen LogP contribution in [0.3, 0.4) is 0 Å². The summed E-state index contributed by atoms with van der Waals surface area (Å²) in [7, 11) is 0. The lowest BCUT2D eigenvalue weighted by atomic mass is 9.93. The van der Waals surface area contributed by atoms with Gasteiger partial charge in [0, 0.05) is 6.54 Å². The monoisotopic (exact) mass is 291 g/mol. The zero-order chi connectivity index (χ0) is 15.8. The van der Waals surface area contributed by atoms with E-state index in [9.17, 15) is 14.7 Å². The fourth-order valence-corrected chi connectivity index (χ4v) is 2.60. The predicted molar refractivity (Wildman–Crippen MR) is 80.0 cm³/mol. The van der Waals surface area contributed by atoms with Crippen LogP contribution in [0.25, 0.3) is 0 Å². The smallest absolute Gasteiger partial charge is 0.414 e. The molecule has 1 amide bonds. The third-order valence-corrected chi connectivity index (χ3v) is 3.42. The van der Waals surface area contributed by atoms with Gasteiger partial charge in [-0.25, -0.2) is 9.59 Å². The largest absolute Gasteiger partial charge is 0.478 e. The lowest BCUT2D eigenvalue weighted by molar-refractivity contribution is 0.0575. The fourth-order valence-electron chi connectivity index (χ4n) is 2.60. The van der Waals surface area contributed by atoms with Crippen molar-refractivity contribution in [1.29, 1.82) is 0 Å². The number of carbonyl (C=O) groups is 2. The molecular formula is C16H21NO4. The highest BCUT2D eigenvalue weighted by Crippen LogP contribution is 2.32. The lowest BCUT2D eigenvalue weighted by Crippen LogP contribution is -2.40. The maximum Gasteiger partial charge on any atom is 0.414 e. The van der Waals surface area contributed by atoms with Crippen molar-refractivity contribution in [3.63, 3.8) is 0 Å². The number of carboxylic acid groups (broad SMARTS) is 1. The van der Waals surface area contributed by atoms with Gasteiger partial charge in [-0.2, -0.15) is 0 Å². The number of amides is 1. The van der Waals surface area contributed by atoms with Crippen molar-refractivity contribution in [2.24, 2.45) is 0 Å². The summed E-state index contributed by atoms with van der Waals surface area (Å²) in [5.74, 6) is -0.949. The number of benzene rings is 1. The van der Waals surface area contributed by atoms with Crippen molar-refractivity contribution < 1.29 is 19.4 Å². The SMILES string of the molecule is Cc1ccc2c(c1C(=O)O)CCCN2C(=O)OC(C)(C)C. The molecule has 0 atom stereocenters. The standard InChI is InChI=1S/C16H21NO4/c1-10-7-8-12-11(13(10)14(18)19)6-5-9-17(12)15(20)21-16(2,3)4/h7-8H,5-6,9H2,1-4H3,(H,18,19). The third kappa shape index (κ3) is 3.17. The average molecular weight is 291 g/mol. The first kappa shape index (κ1) is 15.4. The van der Waals surface area contributed by atoms with Crippen molar-refractivity contribution in [2.75, 3.05) is 11.4 Å². The van der Waals surface area contributed by atoms with Crippen molar-refractivity contribution >= 4 is 17.7 Å². The minimum Gasteiger partial charge on any atom is -0.478 e. The van der Waals surface area contributed by atoms with Crippen molar-refractivity contribution in [2.45, 2.75) is 46.1 Å². The van der Waals surface area contributed by atoms with Crippen LogP contribution in [0.2, 0.25) is 0 Å². The second kappa shape index (κ2) is 5.39. The molecule has 21 heavy (non-hydrogen) atoms. The molecule has 0 aliphatic carbocycles. The minimum atomic E-state index is -0.949. The molecule has 5 nitrogen and oxygen atoms in total. The molecule has 0 spiro atoms. The van der Waals surface area contributed by atoms with Crippen molar-refractivity contribution in [3.05, 3.63) is 28.8 Å². The molecule has 114 valence electrons. The number of hydrogen-bond donors (Lipinski definition) is 1. The molecule has 0 saturated heterocycles. The van der Waals surface area contributed by atoms with Crippen molar-refractivity contribution in [1.82, 2.24) is 0 Å². The van der Waals surface area contributed by atoms with Crippen LogP contribution in [0.4, 0.5) is 10.5 Å². The van der Waals surface area contributed by atoms with E-state index < -0.39 is 17.7 Å². The van der Waals surface area contributed by atoms with E-state index in [0.29, 0.717) is 29.8 Å². The molecule has 0 unspecified atom stereocenters. The average Bonchev–Trinajstić information content (AvgIpc) is 2.34. The Morgan fingerprint density at radius 1 is 1.29 bits per heavy atom. The van der Waals surface area contributed by atoms with Crippen LogP contribution in [0.1, 0.15) is 48.7 Å². The van der Waals surface area contributed by atoms with Gasteiger partial charge in [0.05, 0.1) is 11.3 Å². The molecule has 0 radical (unpaired) electrons. The number of carbonyl (C=O) groups excluding carboxylic acids is 1. The molecule has 1 aromatic carbocycles. The number of hydrogen-bond acceptors (Lipinski definition) is 3. The zero-order valence-corrected chi connectivity index (χ0v) is 12.9. The van der Waals surface area contributed by atoms with E-state index in [1.807, 2.05) is 20.8 Å². The number of ether oxygens (including phenoxy) is 1. The second-order valence-electron chi connectivity index (χ2n) is 6.30. The summed E-state index contributed by atoms with van der Waals surface area (Å²) in [5, 5.41) is 9.40. The number of fused-ring (bicyclic) bond motifs is 1. The maximum absolute atomic E-state index is 12.3. The second-order valence-corrected chi connectivity index (χ2v) is 6.30. The summed E-state index contributed by atoms with van der Waals surface area (Å²) in [4.78, 5) is 25.3. The molecule has 1 N–H and O–H groups in total. The summed E-state index contributed by atoms with van der Waals surface area (Å²) >= 11 is 0. The summed E-state index contributed by atoms with van der Waals surface area (Å²) in [5.41, 5.74) is 1.82. The van der Waals surface area contributed by atoms with E-state index in [1.165, 1.54) is 4.90 Å². The van der Waals surface area contributed by atoms with Gasteiger partial charge in [-0.3, -0.25) is 4.90 Å². The van der Waals surface area contributed by atoms with Crippen molar-refractivity contribution in [3.8, 4) is 0 Å². The van der Waals surface area contributed by atoms with Gasteiger partial charge >= 0.3 is 12.1 Å². The van der Waals surface area contributed by atoms with Crippen LogP contribution in [-0.2, 0) is 11.2 Å². The quantitative estimate of drug-likeness (QED) is 0.861. The van der Waals surface area contributed by atoms with Crippen LogP contribution in [-0.4, -0.2) is 29.3 Å². The summed E-state index contributed by atoms with van der Waals surface area (Å²) < 4.78 is 5.40. The number of carboxylic acids is 1. The molecule has 0 aromatic heterocycles. The molecule has 1 heterocycles. The Bertz CT molecular complexity index is 587. The number of nitrogens with zero attached hydrogens (tertiary/aromatic N) is 1. The Labute approximate surface area is 124 Å². The Hall–Kier alpha value is -2.04. The Kier molecular flexibility index (Phi) is 3.94. The van der Waals surface area contributed by atoms with Crippen LogP contribution in [0.5, 0.6) is 0 Å². The Balaban J connectivity index is 2.43. The predicted octanol–water partition coefficient (Wildman–Crippen LogP) is 3.38. The molecule has 0 fully saturated rings. The summed E-state index contributed by atoms with van der Waals surface area (Å²) in [6.07, 6.45) is 0.970. The third-order valence-electron chi connectivity index (χ3n) is 3.42. The zero-order valence-electron chi connectivity index (χ0n) is 12.9. The first-order chi connectivity index (χ1) is 9.70. The van der Waals surface area contributed by atoms with Crippen LogP contribution in [0.15, 0.2) is 12.1 Å². The molecule has 1 aromatic rings. The van der Waals surface area contributed by atoms with Gasteiger partial charge in [-0.15, -0.1) is 0 Å². The van der Waals surface area contributed by atoms with Gasteiger partial charge in [0.2, 0.25) is 0 Å². The van der Waals surface area contributed by atoms with Gasteiger partial charge in [-0.05, 0) is 57.7 Å². The van der Waals surface area contributed by atoms with E-state index in [2.05, 4.69) is 0 Å². The molecule has 2 rings (SSSR count). The van der Waals surface area contributed by atoms with Crippen LogP contribution in [0, 0.1) is 6.92 Å². The van der Waals surface area contributed by atoms with Crippen LogP contribution >= 0.6 is 0 Å². The topological polar surface area (TPSA) is 66.8 Å². The van der Waals surface area contributed by atoms with Gasteiger partial charge < -0.3 is 9.84 Å². The number of aryl methyl sites for hydroxylation is 1. The van der Waals surface area contributed by atoms with Gasteiger partial charge in [-0.1, -0.05) is 6.07 Å². The normalized spacial score (nSPS) is 14.6. The fraction of sp³-hybridized carbons (Fsp3) is 0.500. The molecule has 0 bridgehead atoms. The maximum atomic E-state index is 12.3. The highest BCUT2D eigenvalue weighted by Gasteiger charge is 2.30. The number of aromatic carboxylic acids is 1. The molecule has 1 aliphatic heterocycles. The highest BCUT2D eigenvalue weighted by atomic mass is 16.6.